The number of ether oxygens (including phenoxy) is 2. The molecule has 1 saturated heterocycles. The molecule has 0 unspecified atom stereocenters. The average Bonchev–Trinajstić information content (AvgIpc) is 3.28. The van der Waals surface area contributed by atoms with Crippen LogP contribution in [-0.2, 0) is 20.7 Å². The van der Waals surface area contributed by atoms with Crippen LogP contribution < -0.4 is 4.74 Å². The number of rotatable bonds is 13. The van der Waals surface area contributed by atoms with Crippen LogP contribution in [0.3, 0.4) is 0 Å². The monoisotopic (exact) mass is 657 g/mol. The molecular formula is C37H45N4O7+. The number of carbonyl (C=O) groups excluding carboxylic acids is 3. The molecule has 11 nitrogen and oxygen atoms in total. The Balaban J connectivity index is 1.39. The van der Waals surface area contributed by atoms with Gasteiger partial charge in [0.15, 0.2) is 0 Å². The van der Waals surface area contributed by atoms with Crippen LogP contribution in [0.25, 0.3) is 10.8 Å². The summed E-state index contributed by atoms with van der Waals surface area (Å²) >= 11 is 0. The minimum atomic E-state index is -0.961. The smallest absolute Gasteiger partial charge is 0.363 e. The number of carbonyl (C=O) groups is 3. The van der Waals surface area contributed by atoms with Crippen molar-refractivity contribution in [2.24, 2.45) is 17.8 Å². The molecule has 0 aliphatic carbocycles. The van der Waals surface area contributed by atoms with Crippen LogP contribution in [0, 0.1) is 27.9 Å². The van der Waals surface area contributed by atoms with E-state index in [0.29, 0.717) is 11.3 Å². The van der Waals surface area contributed by atoms with Crippen LogP contribution in [0.1, 0.15) is 36.7 Å². The molecule has 48 heavy (non-hydrogen) atoms. The molecule has 0 bridgehead atoms. The molecule has 254 valence electrons. The maximum absolute atomic E-state index is 13.6. The molecule has 1 fully saturated rings. The van der Waals surface area contributed by atoms with Crippen LogP contribution in [0.2, 0.25) is 0 Å². The number of hydrogen-bond donors (Lipinski definition) is 0. The van der Waals surface area contributed by atoms with Gasteiger partial charge in [-0.15, -0.1) is 0 Å². The molecule has 1 amide bonds. The van der Waals surface area contributed by atoms with Crippen LogP contribution in [0.5, 0.6) is 5.75 Å². The molecule has 0 saturated carbocycles. The van der Waals surface area contributed by atoms with Gasteiger partial charge in [-0.05, 0) is 49.2 Å². The van der Waals surface area contributed by atoms with Gasteiger partial charge in [-0.3, -0.25) is 14.9 Å². The lowest BCUT2D eigenvalue weighted by atomic mass is 9.74. The highest BCUT2D eigenvalue weighted by atomic mass is 16.6. The minimum Gasteiger partial charge on any atom is -0.488 e. The first-order valence-electron chi connectivity index (χ1n) is 16.4. The van der Waals surface area contributed by atoms with Crippen molar-refractivity contribution < 1.29 is 33.3 Å². The van der Waals surface area contributed by atoms with Crippen molar-refractivity contribution in [1.29, 1.82) is 0 Å². The summed E-state index contributed by atoms with van der Waals surface area (Å²) in [6.07, 6.45) is 0.900. The standard InChI is InChI=1S/C37H45N4O7/c1-23(2)32-33-24(3)30(34(39(33)35(32)42)37(44)48-36(43)26-14-16-27(17-15-26)40(45)46)22-47-31-13-9-11-28-25(10-8-12-29(28)31)18-20-41(6,7)21-19-38(4)5/h8-17,23-24,32-33H,18-22H2,1-7H3/q+1/t24-,32+,33+/m0/s1. The molecule has 0 N–H and O–H groups in total. The molecule has 5 rings (SSSR count). The van der Waals surface area contributed by atoms with Crippen molar-refractivity contribution in [3.05, 3.63) is 93.2 Å². The molecule has 3 aromatic rings. The Hall–Kier alpha value is -4.61. The minimum absolute atomic E-state index is 0.0172. The van der Waals surface area contributed by atoms with E-state index >= 15 is 0 Å². The van der Waals surface area contributed by atoms with Crippen LogP contribution >= 0.6 is 0 Å². The molecule has 11 heteroatoms. The molecule has 2 heterocycles. The summed E-state index contributed by atoms with van der Waals surface area (Å²) in [4.78, 5) is 53.9. The predicted octanol–water partition coefficient (Wildman–Crippen LogP) is 5.08. The maximum atomic E-state index is 13.6. The Labute approximate surface area is 281 Å². The quantitative estimate of drug-likeness (QED) is 0.0624. The zero-order chi connectivity index (χ0) is 34.9. The lowest BCUT2D eigenvalue weighted by Crippen LogP contribution is -2.62. The largest absolute Gasteiger partial charge is 0.488 e. The molecule has 3 atom stereocenters. The van der Waals surface area contributed by atoms with Crippen molar-refractivity contribution in [2.75, 3.05) is 54.4 Å². The first-order chi connectivity index (χ1) is 22.7. The number of esters is 2. The predicted molar refractivity (Wildman–Crippen MR) is 182 cm³/mol. The van der Waals surface area contributed by atoms with Crippen molar-refractivity contribution in [2.45, 2.75) is 33.2 Å². The van der Waals surface area contributed by atoms with Crippen LogP contribution in [-0.4, -0.2) is 97.5 Å². The van der Waals surface area contributed by atoms with Gasteiger partial charge >= 0.3 is 11.9 Å². The van der Waals surface area contributed by atoms with Gasteiger partial charge in [0.2, 0.25) is 5.91 Å². The van der Waals surface area contributed by atoms with E-state index in [1.165, 1.54) is 34.7 Å². The van der Waals surface area contributed by atoms with Gasteiger partial charge in [-0.25, -0.2) is 9.59 Å². The molecule has 0 aromatic heterocycles. The second-order valence-corrected chi connectivity index (χ2v) is 14.1. The summed E-state index contributed by atoms with van der Waals surface area (Å²) in [5.41, 5.74) is 1.64. The molecule has 2 aliphatic rings. The second-order valence-electron chi connectivity index (χ2n) is 14.1. The van der Waals surface area contributed by atoms with Gasteiger partial charge in [0.05, 0.1) is 49.6 Å². The summed E-state index contributed by atoms with van der Waals surface area (Å²) < 4.78 is 12.6. The number of benzene rings is 3. The third kappa shape index (κ3) is 6.97. The van der Waals surface area contributed by atoms with Gasteiger partial charge in [0.1, 0.15) is 18.1 Å². The van der Waals surface area contributed by atoms with Crippen molar-refractivity contribution in [3.63, 3.8) is 0 Å². The number of nitro benzene ring substituents is 1. The Kier molecular flexibility index (Phi) is 10.0. The summed E-state index contributed by atoms with van der Waals surface area (Å²) in [7, 11) is 8.67. The summed E-state index contributed by atoms with van der Waals surface area (Å²) in [5.74, 6) is -1.86. The molecule has 0 radical (unpaired) electrons. The highest BCUT2D eigenvalue weighted by molar-refractivity contribution is 6.06. The van der Waals surface area contributed by atoms with Crippen LogP contribution in [0.4, 0.5) is 5.69 Å². The first kappa shape index (κ1) is 34.7. The first-order valence-corrected chi connectivity index (χ1v) is 16.4. The van der Waals surface area contributed by atoms with Crippen molar-refractivity contribution >= 4 is 34.3 Å². The topological polar surface area (TPSA) is 119 Å². The van der Waals surface area contributed by atoms with Gasteiger partial charge in [-0.1, -0.05) is 51.1 Å². The number of β-lactam (4-membered cyclic amide) rings is 1. The number of quaternary nitrogens is 1. The third-order valence-electron chi connectivity index (χ3n) is 9.70. The summed E-state index contributed by atoms with van der Waals surface area (Å²) in [6, 6.07) is 16.7. The highest BCUT2D eigenvalue weighted by Crippen LogP contribution is 2.49. The van der Waals surface area contributed by atoms with E-state index in [-0.39, 0.29) is 53.3 Å². The second kappa shape index (κ2) is 13.9. The van der Waals surface area contributed by atoms with Gasteiger partial charge in [-0.2, -0.15) is 0 Å². The Bertz CT molecular complexity index is 1760. The number of nitro groups is 1. The highest BCUT2D eigenvalue weighted by Gasteiger charge is 2.59. The molecular weight excluding hydrogens is 612 g/mol. The van der Waals surface area contributed by atoms with E-state index in [1.807, 2.05) is 45.0 Å². The van der Waals surface area contributed by atoms with E-state index in [4.69, 9.17) is 9.47 Å². The average molecular weight is 658 g/mol. The third-order valence-corrected chi connectivity index (χ3v) is 9.70. The number of non-ortho nitro benzene ring substituents is 1. The number of nitrogens with zero attached hydrogens (tertiary/aromatic N) is 4. The van der Waals surface area contributed by atoms with Crippen molar-refractivity contribution in [3.8, 4) is 5.75 Å². The zero-order valence-electron chi connectivity index (χ0n) is 28.8. The SMILES string of the molecule is CC(C)[C@H]1C(=O)N2C(C(=O)OC(=O)c3ccc([N+](=O)[O-])cc3)=C(COc3cccc4c(CC[N+](C)(C)CCN(C)C)cccc34)[C@H](C)[C@H]12. The lowest BCUT2D eigenvalue weighted by Gasteiger charge is -2.47. The zero-order valence-corrected chi connectivity index (χ0v) is 28.8. The lowest BCUT2D eigenvalue weighted by molar-refractivity contribution is -0.889. The Morgan fingerprint density at radius 2 is 1.65 bits per heavy atom. The van der Waals surface area contributed by atoms with E-state index in [9.17, 15) is 24.5 Å². The summed E-state index contributed by atoms with van der Waals surface area (Å²) in [6.45, 7) is 8.99. The fourth-order valence-corrected chi connectivity index (χ4v) is 6.77. The van der Waals surface area contributed by atoms with Crippen LogP contribution in [0.15, 0.2) is 71.9 Å². The number of hydrogen-bond acceptors (Lipinski definition) is 8. The Morgan fingerprint density at radius 3 is 2.29 bits per heavy atom. The van der Waals surface area contributed by atoms with E-state index in [2.05, 4.69) is 45.2 Å². The number of fused-ring (bicyclic) bond motifs is 2. The Morgan fingerprint density at radius 1 is 0.979 bits per heavy atom. The molecule has 3 aromatic carbocycles. The van der Waals surface area contributed by atoms with Crippen molar-refractivity contribution in [1.82, 2.24) is 9.80 Å². The number of likely N-dealkylation sites (N-methyl/N-ethyl adjacent to an activating group) is 2. The van der Waals surface area contributed by atoms with Gasteiger partial charge in [0.25, 0.3) is 5.69 Å². The van der Waals surface area contributed by atoms with E-state index < -0.39 is 16.9 Å². The molecule has 2 aliphatic heterocycles. The summed E-state index contributed by atoms with van der Waals surface area (Å²) in [5, 5.41) is 13.1. The van der Waals surface area contributed by atoms with E-state index in [1.54, 1.807) is 0 Å². The normalized spacial score (nSPS) is 19.1. The van der Waals surface area contributed by atoms with E-state index in [0.717, 1.165) is 41.3 Å². The fraction of sp³-hybridized carbons (Fsp3) is 0.432. The fourth-order valence-electron chi connectivity index (χ4n) is 6.77. The van der Waals surface area contributed by atoms with Gasteiger partial charge < -0.3 is 23.8 Å². The maximum Gasteiger partial charge on any atom is 0.363 e. The molecule has 0 spiro atoms. The van der Waals surface area contributed by atoms with Gasteiger partial charge in [0, 0.05) is 42.0 Å². The number of amides is 1.